The number of nitrogens with two attached hydrogens (primary N) is 1. The number of nitrogens with one attached hydrogen (secondary N) is 1. The summed E-state index contributed by atoms with van der Waals surface area (Å²) in [6.45, 7) is 6.46. The van der Waals surface area contributed by atoms with E-state index in [1.165, 1.54) is 5.56 Å². The van der Waals surface area contributed by atoms with Crippen molar-refractivity contribution in [2.45, 2.75) is 52.3 Å². The summed E-state index contributed by atoms with van der Waals surface area (Å²) >= 11 is 0. The Kier molecular flexibility index (Phi) is 5.42. The summed E-state index contributed by atoms with van der Waals surface area (Å²) in [5.74, 6) is 0.315. The predicted molar refractivity (Wildman–Crippen MR) is 93.3 cm³/mol. The van der Waals surface area contributed by atoms with E-state index in [-0.39, 0.29) is 6.23 Å². The van der Waals surface area contributed by atoms with Gasteiger partial charge in [0.25, 0.3) is 0 Å². The Morgan fingerprint density at radius 2 is 2.17 bits per heavy atom. The maximum atomic E-state index is 5.91. The van der Waals surface area contributed by atoms with Crippen LogP contribution in [-0.2, 0) is 17.7 Å². The van der Waals surface area contributed by atoms with Gasteiger partial charge in [-0.05, 0) is 38.3 Å². The fourth-order valence-corrected chi connectivity index (χ4v) is 3.24. The van der Waals surface area contributed by atoms with Gasteiger partial charge in [0, 0.05) is 24.9 Å². The number of fused-ring (bicyclic) bond motifs is 1. The monoisotopic (exact) mass is 330 g/mol. The maximum absolute atomic E-state index is 5.91. The molecule has 0 saturated carbocycles. The van der Waals surface area contributed by atoms with Crippen LogP contribution in [0.2, 0.25) is 0 Å². The molecule has 7 heteroatoms. The summed E-state index contributed by atoms with van der Waals surface area (Å²) in [6.07, 6.45) is 5.97. The molecule has 3 N–H and O–H groups in total. The van der Waals surface area contributed by atoms with Gasteiger partial charge in [-0.15, -0.1) is 0 Å². The first-order valence-corrected chi connectivity index (χ1v) is 8.84. The van der Waals surface area contributed by atoms with Crippen molar-refractivity contribution < 1.29 is 4.74 Å². The molecule has 4 rings (SSSR count). The second-order valence-electron chi connectivity index (χ2n) is 5.76. The van der Waals surface area contributed by atoms with Crippen LogP contribution in [0.15, 0.2) is 12.3 Å². The summed E-state index contributed by atoms with van der Waals surface area (Å²) in [6, 6.07) is 1.99. The number of hydrogen-bond donors (Lipinski definition) is 2. The minimum absolute atomic E-state index is 0.00712. The summed E-state index contributed by atoms with van der Waals surface area (Å²) < 4.78 is 7.82. The van der Waals surface area contributed by atoms with Crippen LogP contribution in [-0.4, -0.2) is 32.9 Å². The van der Waals surface area contributed by atoms with Crippen LogP contribution in [0.1, 0.15) is 50.6 Å². The average molecular weight is 330 g/mol. The molecule has 1 atom stereocenters. The van der Waals surface area contributed by atoms with E-state index in [1.54, 1.807) is 6.20 Å². The van der Waals surface area contributed by atoms with E-state index >= 15 is 0 Å². The number of nitrogens with zero attached hydrogens (tertiary/aromatic N) is 4. The molecule has 0 aromatic carbocycles. The van der Waals surface area contributed by atoms with Gasteiger partial charge in [0.05, 0.1) is 17.1 Å². The van der Waals surface area contributed by atoms with Crippen molar-refractivity contribution in [3.8, 4) is 11.4 Å². The third kappa shape index (κ3) is 3.27. The molecule has 2 aromatic heterocycles. The Morgan fingerprint density at radius 1 is 1.29 bits per heavy atom. The zero-order valence-electron chi connectivity index (χ0n) is 14.5. The number of aromatic nitrogens is 4. The van der Waals surface area contributed by atoms with Crippen LogP contribution >= 0.6 is 0 Å². The Morgan fingerprint density at radius 3 is 2.96 bits per heavy atom. The SMILES string of the molecule is CC.Nc1nc2c(c(-c3ccnn3C3CCCCO3)n1)CCNC2. The number of anilines is 1. The van der Waals surface area contributed by atoms with Crippen LogP contribution < -0.4 is 11.1 Å². The Hall–Kier alpha value is -1.99. The molecular formula is C17H26N6O. The standard InChI is InChI=1S/C15H20N6O.C2H6/c16-15-19-11-9-17-6-4-10(11)14(20-15)12-5-7-18-21(12)13-3-1-2-8-22-13;1-2/h5,7,13,17H,1-4,6,8-9H2,(H2,16,19,20);1-2H3. The normalized spacial score (nSPS) is 20.0. The molecule has 1 saturated heterocycles. The second kappa shape index (κ2) is 7.72. The van der Waals surface area contributed by atoms with Gasteiger partial charge < -0.3 is 15.8 Å². The summed E-state index contributed by atoms with van der Waals surface area (Å²) in [4.78, 5) is 8.88. The molecule has 1 fully saturated rings. The van der Waals surface area contributed by atoms with Gasteiger partial charge in [-0.1, -0.05) is 13.8 Å². The lowest BCUT2D eigenvalue weighted by Gasteiger charge is -2.25. The van der Waals surface area contributed by atoms with E-state index in [2.05, 4.69) is 20.4 Å². The Bertz CT molecular complexity index is 678. The van der Waals surface area contributed by atoms with Crippen molar-refractivity contribution in [1.29, 1.82) is 0 Å². The highest BCUT2D eigenvalue weighted by Crippen LogP contribution is 2.31. The van der Waals surface area contributed by atoms with Crippen molar-refractivity contribution in [3.63, 3.8) is 0 Å². The minimum Gasteiger partial charge on any atom is -0.368 e. The topological polar surface area (TPSA) is 90.9 Å². The molecule has 2 aliphatic heterocycles. The summed E-state index contributed by atoms with van der Waals surface area (Å²) in [5, 5.41) is 7.80. The smallest absolute Gasteiger partial charge is 0.220 e. The Balaban J connectivity index is 0.000000815. The quantitative estimate of drug-likeness (QED) is 0.878. The first-order chi connectivity index (χ1) is 11.8. The first-order valence-electron chi connectivity index (χ1n) is 8.84. The molecule has 24 heavy (non-hydrogen) atoms. The molecule has 2 aromatic rings. The van der Waals surface area contributed by atoms with Gasteiger partial charge in [-0.2, -0.15) is 5.10 Å². The molecular weight excluding hydrogens is 304 g/mol. The third-order valence-electron chi connectivity index (χ3n) is 4.30. The van der Waals surface area contributed by atoms with E-state index in [0.717, 1.165) is 62.5 Å². The lowest BCUT2D eigenvalue weighted by atomic mass is 10.0. The molecule has 0 radical (unpaired) electrons. The van der Waals surface area contributed by atoms with Gasteiger partial charge in [0.1, 0.15) is 0 Å². The molecule has 7 nitrogen and oxygen atoms in total. The van der Waals surface area contributed by atoms with E-state index in [0.29, 0.717) is 5.95 Å². The largest absolute Gasteiger partial charge is 0.368 e. The van der Waals surface area contributed by atoms with Gasteiger partial charge in [0.15, 0.2) is 6.23 Å². The molecule has 2 aliphatic rings. The maximum Gasteiger partial charge on any atom is 0.220 e. The number of ether oxygens (including phenoxy) is 1. The van der Waals surface area contributed by atoms with Gasteiger partial charge in [-0.3, -0.25) is 0 Å². The van der Waals surface area contributed by atoms with Crippen LogP contribution in [0.3, 0.4) is 0 Å². The predicted octanol–water partition coefficient (Wildman–Crippen LogP) is 2.29. The van der Waals surface area contributed by atoms with E-state index in [4.69, 9.17) is 10.5 Å². The van der Waals surface area contributed by atoms with Crippen LogP contribution in [0.5, 0.6) is 0 Å². The van der Waals surface area contributed by atoms with Gasteiger partial charge in [0.2, 0.25) is 5.95 Å². The van der Waals surface area contributed by atoms with Crippen molar-refractivity contribution in [3.05, 3.63) is 23.5 Å². The fourth-order valence-electron chi connectivity index (χ4n) is 3.24. The van der Waals surface area contributed by atoms with Gasteiger partial charge >= 0.3 is 0 Å². The highest BCUT2D eigenvalue weighted by Gasteiger charge is 2.24. The van der Waals surface area contributed by atoms with Crippen molar-refractivity contribution in [2.24, 2.45) is 0 Å². The lowest BCUT2D eigenvalue weighted by molar-refractivity contribution is -0.0384. The van der Waals surface area contributed by atoms with E-state index in [1.807, 2.05) is 24.6 Å². The average Bonchev–Trinajstić information content (AvgIpc) is 3.13. The molecule has 0 bridgehead atoms. The molecule has 4 heterocycles. The van der Waals surface area contributed by atoms with E-state index in [9.17, 15) is 0 Å². The summed E-state index contributed by atoms with van der Waals surface area (Å²) in [5.41, 5.74) is 9.94. The van der Waals surface area contributed by atoms with Crippen LogP contribution in [0.4, 0.5) is 5.95 Å². The highest BCUT2D eigenvalue weighted by molar-refractivity contribution is 5.62. The lowest BCUT2D eigenvalue weighted by Crippen LogP contribution is -2.27. The zero-order chi connectivity index (χ0) is 16.9. The van der Waals surface area contributed by atoms with Crippen molar-refractivity contribution in [2.75, 3.05) is 18.9 Å². The summed E-state index contributed by atoms with van der Waals surface area (Å²) in [7, 11) is 0. The van der Waals surface area contributed by atoms with Crippen molar-refractivity contribution >= 4 is 5.95 Å². The molecule has 0 aliphatic carbocycles. The molecule has 0 spiro atoms. The molecule has 0 amide bonds. The molecule has 1 unspecified atom stereocenters. The Labute approximate surface area is 142 Å². The van der Waals surface area contributed by atoms with Crippen LogP contribution in [0.25, 0.3) is 11.4 Å². The second-order valence-corrected chi connectivity index (χ2v) is 5.76. The highest BCUT2D eigenvalue weighted by atomic mass is 16.5. The fraction of sp³-hybridized carbons (Fsp3) is 0.588. The number of nitrogen functional groups attached to an aromatic ring is 1. The first kappa shape index (κ1) is 16.9. The van der Waals surface area contributed by atoms with E-state index < -0.39 is 0 Å². The number of rotatable bonds is 2. The minimum atomic E-state index is -0.00712. The van der Waals surface area contributed by atoms with Gasteiger partial charge in [-0.25, -0.2) is 14.6 Å². The zero-order valence-corrected chi connectivity index (χ0v) is 14.5. The van der Waals surface area contributed by atoms with Crippen molar-refractivity contribution in [1.82, 2.24) is 25.1 Å². The molecule has 130 valence electrons. The van der Waals surface area contributed by atoms with Crippen LogP contribution in [0, 0.1) is 0 Å². The third-order valence-corrected chi connectivity index (χ3v) is 4.30. The number of hydrogen-bond acceptors (Lipinski definition) is 6.